The van der Waals surface area contributed by atoms with Gasteiger partial charge in [-0.15, -0.1) is 0 Å². The van der Waals surface area contributed by atoms with Gasteiger partial charge in [-0.1, -0.05) is 6.07 Å². The van der Waals surface area contributed by atoms with E-state index in [0.717, 1.165) is 43.1 Å². The number of piperazine rings is 1. The zero-order valence-electron chi connectivity index (χ0n) is 12.0. The molecule has 1 atom stereocenters. The number of aryl methyl sites for hydroxylation is 1. The van der Waals surface area contributed by atoms with Gasteiger partial charge in [-0.05, 0) is 30.2 Å². The van der Waals surface area contributed by atoms with Crippen molar-refractivity contribution in [3.05, 3.63) is 29.3 Å². The molecule has 3 nitrogen and oxygen atoms in total. The number of hydrogen-bond donors (Lipinski definition) is 1. The molecule has 0 spiro atoms. The molecule has 1 N–H and O–H groups in total. The molecule has 0 amide bonds. The van der Waals surface area contributed by atoms with E-state index in [1.54, 1.807) is 7.11 Å². The summed E-state index contributed by atoms with van der Waals surface area (Å²) in [6.45, 7) is 5.29. The van der Waals surface area contributed by atoms with E-state index in [4.69, 9.17) is 4.74 Å². The fourth-order valence-electron chi connectivity index (χ4n) is 2.78. The first-order chi connectivity index (χ1) is 9.61. The molecule has 1 aromatic carbocycles. The van der Waals surface area contributed by atoms with Crippen molar-refractivity contribution in [2.45, 2.75) is 25.8 Å². The minimum absolute atomic E-state index is 0.118. The molecule has 1 aliphatic rings. The highest BCUT2D eigenvalue weighted by molar-refractivity contribution is 5.36. The Morgan fingerprint density at radius 1 is 1.30 bits per heavy atom. The third-order valence-electron chi connectivity index (χ3n) is 3.83. The largest absolute Gasteiger partial charge is 0.497 e. The SMILES string of the molecule is COc1ccc([C@@H](CC(F)F)N2CCNCC2)c(C)c1. The summed E-state index contributed by atoms with van der Waals surface area (Å²) in [7, 11) is 1.61. The Balaban J connectivity index is 2.25. The number of methoxy groups -OCH3 is 1. The van der Waals surface area contributed by atoms with Crippen molar-refractivity contribution in [3.8, 4) is 5.75 Å². The molecular formula is C15H22F2N2O. The molecule has 112 valence electrons. The Bertz CT molecular complexity index is 434. The van der Waals surface area contributed by atoms with Gasteiger partial charge in [-0.25, -0.2) is 8.78 Å². The summed E-state index contributed by atoms with van der Waals surface area (Å²) >= 11 is 0. The first kappa shape index (κ1) is 15.2. The molecule has 5 heteroatoms. The monoisotopic (exact) mass is 284 g/mol. The van der Waals surface area contributed by atoms with Crippen LogP contribution >= 0.6 is 0 Å². The zero-order valence-corrected chi connectivity index (χ0v) is 12.0. The molecule has 2 rings (SSSR count). The topological polar surface area (TPSA) is 24.5 Å². The molecule has 0 aromatic heterocycles. The lowest BCUT2D eigenvalue weighted by Crippen LogP contribution is -2.45. The lowest BCUT2D eigenvalue weighted by molar-refractivity contribution is 0.0737. The normalized spacial score (nSPS) is 18.2. The Morgan fingerprint density at radius 3 is 2.55 bits per heavy atom. The molecule has 1 heterocycles. The van der Waals surface area contributed by atoms with E-state index >= 15 is 0 Å². The van der Waals surface area contributed by atoms with E-state index in [1.165, 1.54) is 0 Å². The number of halogens is 2. The molecule has 0 saturated carbocycles. The molecule has 20 heavy (non-hydrogen) atoms. The van der Waals surface area contributed by atoms with Gasteiger partial charge in [0.2, 0.25) is 6.43 Å². The summed E-state index contributed by atoms with van der Waals surface area (Å²) in [5, 5.41) is 3.26. The minimum Gasteiger partial charge on any atom is -0.497 e. The van der Waals surface area contributed by atoms with Crippen LogP contribution in [0.3, 0.4) is 0 Å². The van der Waals surface area contributed by atoms with E-state index in [0.29, 0.717) is 0 Å². The number of ether oxygens (including phenoxy) is 1. The van der Waals surface area contributed by atoms with Crippen molar-refractivity contribution in [1.82, 2.24) is 10.2 Å². The third kappa shape index (κ3) is 3.67. The van der Waals surface area contributed by atoms with Gasteiger partial charge in [0, 0.05) is 38.6 Å². The van der Waals surface area contributed by atoms with Gasteiger partial charge in [0.25, 0.3) is 0 Å². The van der Waals surface area contributed by atoms with Gasteiger partial charge in [0.15, 0.2) is 0 Å². The molecule has 1 saturated heterocycles. The number of hydrogen-bond acceptors (Lipinski definition) is 3. The molecule has 1 aliphatic heterocycles. The number of rotatable bonds is 5. The van der Waals surface area contributed by atoms with Crippen molar-refractivity contribution in [1.29, 1.82) is 0 Å². The summed E-state index contributed by atoms with van der Waals surface area (Å²) < 4.78 is 31.1. The van der Waals surface area contributed by atoms with Crippen LogP contribution in [0.4, 0.5) is 8.78 Å². The third-order valence-corrected chi connectivity index (χ3v) is 3.83. The maximum Gasteiger partial charge on any atom is 0.240 e. The Kier molecular flexibility index (Phi) is 5.31. The summed E-state index contributed by atoms with van der Waals surface area (Å²) in [4.78, 5) is 2.15. The molecule has 1 fully saturated rings. The first-order valence-electron chi connectivity index (χ1n) is 6.99. The van der Waals surface area contributed by atoms with Crippen LogP contribution in [-0.2, 0) is 0 Å². The van der Waals surface area contributed by atoms with Crippen molar-refractivity contribution in [3.63, 3.8) is 0 Å². The van der Waals surface area contributed by atoms with Crippen LogP contribution < -0.4 is 10.1 Å². The highest BCUT2D eigenvalue weighted by Gasteiger charge is 2.26. The maximum atomic E-state index is 12.9. The van der Waals surface area contributed by atoms with Crippen LogP contribution in [0.5, 0.6) is 5.75 Å². The van der Waals surface area contributed by atoms with E-state index in [9.17, 15) is 8.78 Å². The van der Waals surface area contributed by atoms with Gasteiger partial charge in [-0.2, -0.15) is 0 Å². The second-order valence-corrected chi connectivity index (χ2v) is 5.15. The van der Waals surface area contributed by atoms with Crippen LogP contribution in [0.25, 0.3) is 0 Å². The zero-order chi connectivity index (χ0) is 14.5. The van der Waals surface area contributed by atoms with E-state index in [1.807, 2.05) is 25.1 Å². The van der Waals surface area contributed by atoms with Crippen LogP contribution in [0.2, 0.25) is 0 Å². The number of nitrogens with zero attached hydrogens (tertiary/aromatic N) is 1. The second-order valence-electron chi connectivity index (χ2n) is 5.15. The second kappa shape index (κ2) is 6.99. The average molecular weight is 284 g/mol. The summed E-state index contributed by atoms with van der Waals surface area (Å²) in [6.07, 6.45) is -2.41. The Hall–Kier alpha value is -1.20. The smallest absolute Gasteiger partial charge is 0.240 e. The van der Waals surface area contributed by atoms with Gasteiger partial charge in [0.1, 0.15) is 5.75 Å². The fraction of sp³-hybridized carbons (Fsp3) is 0.600. The molecular weight excluding hydrogens is 262 g/mol. The van der Waals surface area contributed by atoms with Gasteiger partial charge < -0.3 is 10.1 Å². The summed E-state index contributed by atoms with van der Waals surface area (Å²) in [5.41, 5.74) is 1.99. The quantitative estimate of drug-likeness (QED) is 0.899. The Morgan fingerprint density at radius 2 is 2.00 bits per heavy atom. The summed E-state index contributed by atoms with van der Waals surface area (Å²) in [6, 6.07) is 5.46. The van der Waals surface area contributed by atoms with Gasteiger partial charge in [-0.3, -0.25) is 4.90 Å². The fourth-order valence-corrected chi connectivity index (χ4v) is 2.78. The first-order valence-corrected chi connectivity index (χ1v) is 6.99. The minimum atomic E-state index is -2.30. The average Bonchev–Trinajstić information content (AvgIpc) is 2.45. The van der Waals surface area contributed by atoms with Crippen LogP contribution in [0, 0.1) is 6.92 Å². The van der Waals surface area contributed by atoms with Crippen molar-refractivity contribution in [2.24, 2.45) is 0 Å². The predicted molar refractivity (Wildman–Crippen MR) is 75.5 cm³/mol. The summed E-state index contributed by atoms with van der Waals surface area (Å²) in [5.74, 6) is 0.766. The highest BCUT2D eigenvalue weighted by Crippen LogP contribution is 2.31. The standard InChI is InChI=1S/C15H22F2N2O/c1-11-9-12(20-2)3-4-13(11)14(10-15(16)17)19-7-5-18-6-8-19/h3-4,9,14-15,18H,5-8,10H2,1-2H3/t14-/m1/s1. The lowest BCUT2D eigenvalue weighted by atomic mass is 9.96. The molecule has 1 aromatic rings. The number of alkyl halides is 2. The van der Waals surface area contributed by atoms with Crippen LogP contribution in [0.1, 0.15) is 23.6 Å². The van der Waals surface area contributed by atoms with Gasteiger partial charge >= 0.3 is 0 Å². The molecule has 0 bridgehead atoms. The van der Waals surface area contributed by atoms with Crippen molar-refractivity contribution < 1.29 is 13.5 Å². The highest BCUT2D eigenvalue weighted by atomic mass is 19.3. The van der Waals surface area contributed by atoms with Crippen molar-refractivity contribution >= 4 is 0 Å². The molecule has 0 aliphatic carbocycles. The molecule has 0 unspecified atom stereocenters. The number of benzene rings is 1. The van der Waals surface area contributed by atoms with Crippen molar-refractivity contribution in [2.75, 3.05) is 33.3 Å². The van der Waals surface area contributed by atoms with E-state index in [2.05, 4.69) is 10.2 Å². The maximum absolute atomic E-state index is 12.9. The number of nitrogens with one attached hydrogen (secondary N) is 1. The van der Waals surface area contributed by atoms with Gasteiger partial charge in [0.05, 0.1) is 7.11 Å². The van der Waals surface area contributed by atoms with Crippen LogP contribution in [-0.4, -0.2) is 44.6 Å². The lowest BCUT2D eigenvalue weighted by Gasteiger charge is -2.36. The predicted octanol–water partition coefficient (Wildman–Crippen LogP) is 2.61. The van der Waals surface area contributed by atoms with E-state index < -0.39 is 6.43 Å². The van der Waals surface area contributed by atoms with Crippen LogP contribution in [0.15, 0.2) is 18.2 Å². The van der Waals surface area contributed by atoms with E-state index in [-0.39, 0.29) is 12.5 Å². The Labute approximate surface area is 118 Å². The molecule has 0 radical (unpaired) electrons.